The Labute approximate surface area is 120 Å². The summed E-state index contributed by atoms with van der Waals surface area (Å²) in [4.78, 5) is 6.72. The van der Waals surface area contributed by atoms with Crippen molar-refractivity contribution < 1.29 is 4.42 Å². The molecule has 0 spiro atoms. The van der Waals surface area contributed by atoms with Gasteiger partial charge in [-0.15, -0.1) is 0 Å². The summed E-state index contributed by atoms with van der Waals surface area (Å²) < 4.78 is 5.33. The lowest BCUT2D eigenvalue weighted by molar-refractivity contribution is 0.529. The molecule has 4 nitrogen and oxygen atoms in total. The predicted octanol–water partition coefficient (Wildman–Crippen LogP) is 2.82. The fraction of sp³-hybridized carbons (Fsp3) is 0.438. The largest absolute Gasteiger partial charge is 0.469 e. The van der Waals surface area contributed by atoms with Gasteiger partial charge in [-0.05, 0) is 44.4 Å². The van der Waals surface area contributed by atoms with Crippen LogP contribution >= 0.6 is 0 Å². The van der Waals surface area contributed by atoms with E-state index < -0.39 is 0 Å². The smallest absolute Gasteiger partial charge is 0.131 e. The number of furan rings is 1. The lowest BCUT2D eigenvalue weighted by Gasteiger charge is -2.20. The van der Waals surface area contributed by atoms with Crippen molar-refractivity contribution in [3.05, 3.63) is 47.0 Å². The minimum Gasteiger partial charge on any atom is -0.469 e. The Morgan fingerprint density at radius 2 is 2.15 bits per heavy atom. The quantitative estimate of drug-likeness (QED) is 0.910. The third-order valence-corrected chi connectivity index (χ3v) is 3.40. The van der Waals surface area contributed by atoms with E-state index in [1.54, 1.807) is 6.26 Å². The maximum Gasteiger partial charge on any atom is 0.131 e. The van der Waals surface area contributed by atoms with Crippen LogP contribution in [0.5, 0.6) is 0 Å². The van der Waals surface area contributed by atoms with Crippen LogP contribution in [0, 0.1) is 13.8 Å². The minimum absolute atomic E-state index is 0.161. The molecular formula is C16H23N3O. The maximum absolute atomic E-state index is 5.83. The summed E-state index contributed by atoms with van der Waals surface area (Å²) in [7, 11) is 2.05. The van der Waals surface area contributed by atoms with Crippen LogP contribution in [0.1, 0.15) is 29.4 Å². The van der Waals surface area contributed by atoms with Crippen LogP contribution < -0.4 is 10.6 Å². The van der Waals surface area contributed by atoms with Crippen molar-refractivity contribution in [3.63, 3.8) is 0 Å². The van der Waals surface area contributed by atoms with E-state index in [1.807, 2.05) is 33.2 Å². The zero-order valence-electron chi connectivity index (χ0n) is 12.7. The number of aryl methyl sites for hydroxylation is 2. The maximum atomic E-state index is 5.83. The highest BCUT2D eigenvalue weighted by atomic mass is 16.3. The fourth-order valence-corrected chi connectivity index (χ4v) is 2.41. The zero-order chi connectivity index (χ0) is 14.7. The first kappa shape index (κ1) is 14.6. The average Bonchev–Trinajstić information content (AvgIpc) is 2.74. The molecule has 0 aromatic carbocycles. The van der Waals surface area contributed by atoms with E-state index in [4.69, 9.17) is 10.2 Å². The lowest BCUT2D eigenvalue weighted by Crippen LogP contribution is -2.20. The van der Waals surface area contributed by atoms with Crippen LogP contribution in [-0.4, -0.2) is 18.1 Å². The van der Waals surface area contributed by atoms with Gasteiger partial charge in [0.05, 0.1) is 6.26 Å². The molecule has 2 rings (SSSR count). The number of nitrogens with two attached hydrogens (primary N) is 1. The Hall–Kier alpha value is -1.81. The Bertz CT molecular complexity index is 575. The van der Waals surface area contributed by atoms with E-state index in [9.17, 15) is 0 Å². The molecule has 0 bridgehead atoms. The number of anilines is 1. The number of hydrogen-bond acceptors (Lipinski definition) is 4. The van der Waals surface area contributed by atoms with Crippen molar-refractivity contribution in [3.8, 4) is 0 Å². The Morgan fingerprint density at radius 1 is 1.40 bits per heavy atom. The Kier molecular flexibility index (Phi) is 4.45. The van der Waals surface area contributed by atoms with Crippen LogP contribution in [0.2, 0.25) is 0 Å². The third-order valence-electron chi connectivity index (χ3n) is 3.40. The molecule has 108 valence electrons. The average molecular weight is 273 g/mol. The molecule has 1 atom stereocenters. The van der Waals surface area contributed by atoms with E-state index in [-0.39, 0.29) is 6.04 Å². The SMILES string of the molecule is Cc1cc(CC(C)N)cnc1N(C)Cc1ccoc1C. The fourth-order valence-electron chi connectivity index (χ4n) is 2.41. The summed E-state index contributed by atoms with van der Waals surface area (Å²) in [6, 6.07) is 4.34. The van der Waals surface area contributed by atoms with Gasteiger partial charge < -0.3 is 15.1 Å². The summed E-state index contributed by atoms with van der Waals surface area (Å²) in [5, 5.41) is 0. The number of hydrogen-bond donors (Lipinski definition) is 1. The van der Waals surface area contributed by atoms with Crippen molar-refractivity contribution in [2.45, 2.75) is 39.8 Å². The normalized spacial score (nSPS) is 12.4. The molecule has 0 radical (unpaired) electrons. The first-order chi connectivity index (χ1) is 9.47. The van der Waals surface area contributed by atoms with E-state index in [0.717, 1.165) is 24.5 Å². The van der Waals surface area contributed by atoms with Crippen molar-refractivity contribution in [2.24, 2.45) is 5.73 Å². The molecule has 2 aromatic rings. The summed E-state index contributed by atoms with van der Waals surface area (Å²) in [5.74, 6) is 1.96. The van der Waals surface area contributed by atoms with Gasteiger partial charge in [0.15, 0.2) is 0 Å². The summed E-state index contributed by atoms with van der Waals surface area (Å²) >= 11 is 0. The van der Waals surface area contributed by atoms with Gasteiger partial charge in [0.25, 0.3) is 0 Å². The lowest BCUT2D eigenvalue weighted by atomic mass is 10.1. The first-order valence-corrected chi connectivity index (χ1v) is 6.92. The van der Waals surface area contributed by atoms with Crippen LogP contribution in [0.3, 0.4) is 0 Å². The number of nitrogens with zero attached hydrogens (tertiary/aromatic N) is 2. The summed E-state index contributed by atoms with van der Waals surface area (Å²) in [5.41, 5.74) is 9.38. The summed E-state index contributed by atoms with van der Waals surface area (Å²) in [6.45, 7) is 6.88. The van der Waals surface area contributed by atoms with E-state index in [2.05, 4.69) is 22.9 Å². The zero-order valence-corrected chi connectivity index (χ0v) is 12.7. The van der Waals surface area contributed by atoms with Gasteiger partial charge in [-0.2, -0.15) is 0 Å². The minimum atomic E-state index is 0.161. The topological polar surface area (TPSA) is 55.3 Å². The van der Waals surface area contributed by atoms with Crippen molar-refractivity contribution in [1.29, 1.82) is 0 Å². The molecular weight excluding hydrogens is 250 g/mol. The van der Waals surface area contributed by atoms with Crippen LogP contribution in [0.4, 0.5) is 5.82 Å². The van der Waals surface area contributed by atoms with Crippen molar-refractivity contribution >= 4 is 5.82 Å². The third kappa shape index (κ3) is 3.39. The highest BCUT2D eigenvalue weighted by Gasteiger charge is 2.11. The molecule has 4 heteroatoms. The van der Waals surface area contributed by atoms with Gasteiger partial charge in [-0.3, -0.25) is 0 Å². The Morgan fingerprint density at radius 3 is 2.70 bits per heavy atom. The van der Waals surface area contributed by atoms with Crippen LogP contribution in [0.25, 0.3) is 0 Å². The molecule has 2 N–H and O–H groups in total. The highest BCUT2D eigenvalue weighted by Crippen LogP contribution is 2.20. The molecule has 0 amide bonds. The predicted molar refractivity (Wildman–Crippen MR) is 81.9 cm³/mol. The molecule has 2 heterocycles. The molecule has 1 unspecified atom stereocenters. The van der Waals surface area contributed by atoms with Gasteiger partial charge in [-0.25, -0.2) is 4.98 Å². The van der Waals surface area contributed by atoms with E-state index in [1.165, 1.54) is 16.7 Å². The second-order valence-electron chi connectivity index (χ2n) is 5.52. The highest BCUT2D eigenvalue weighted by molar-refractivity contribution is 5.47. The number of rotatable bonds is 5. The second kappa shape index (κ2) is 6.09. The molecule has 0 aliphatic rings. The molecule has 0 fully saturated rings. The van der Waals surface area contributed by atoms with E-state index >= 15 is 0 Å². The molecule has 0 saturated heterocycles. The molecule has 0 aliphatic heterocycles. The summed E-state index contributed by atoms with van der Waals surface area (Å²) in [6.07, 6.45) is 4.51. The molecule has 0 aliphatic carbocycles. The Balaban J connectivity index is 2.14. The van der Waals surface area contributed by atoms with Gasteiger partial charge in [-0.1, -0.05) is 6.07 Å². The van der Waals surface area contributed by atoms with Gasteiger partial charge >= 0.3 is 0 Å². The van der Waals surface area contributed by atoms with Crippen LogP contribution in [0.15, 0.2) is 29.0 Å². The molecule has 20 heavy (non-hydrogen) atoms. The number of aromatic nitrogens is 1. The monoisotopic (exact) mass is 273 g/mol. The van der Waals surface area contributed by atoms with Gasteiger partial charge in [0.2, 0.25) is 0 Å². The van der Waals surface area contributed by atoms with Gasteiger partial charge in [0.1, 0.15) is 11.6 Å². The van der Waals surface area contributed by atoms with Gasteiger partial charge in [0, 0.05) is 31.4 Å². The number of pyridine rings is 1. The van der Waals surface area contributed by atoms with Crippen LogP contribution in [-0.2, 0) is 13.0 Å². The first-order valence-electron chi connectivity index (χ1n) is 6.92. The van der Waals surface area contributed by atoms with Crippen molar-refractivity contribution in [2.75, 3.05) is 11.9 Å². The second-order valence-corrected chi connectivity index (χ2v) is 5.52. The van der Waals surface area contributed by atoms with E-state index in [0.29, 0.717) is 0 Å². The molecule has 2 aromatic heterocycles. The van der Waals surface area contributed by atoms with Crippen molar-refractivity contribution in [1.82, 2.24) is 4.98 Å². The standard InChI is InChI=1S/C16H23N3O/c1-11-7-14(8-12(2)17)9-18-16(11)19(4)10-15-5-6-20-13(15)3/h5-7,9,12H,8,10,17H2,1-4H3. The molecule has 0 saturated carbocycles.